The van der Waals surface area contributed by atoms with E-state index in [4.69, 9.17) is 14.2 Å². The minimum atomic E-state index is 0.683. The molecule has 1 aliphatic heterocycles. The molecule has 0 amide bonds. The van der Waals surface area contributed by atoms with Gasteiger partial charge in [0, 0.05) is 44.3 Å². The Kier molecular flexibility index (Phi) is 6.65. The maximum absolute atomic E-state index is 5.64. The van der Waals surface area contributed by atoms with E-state index in [0.717, 1.165) is 42.9 Å². The Balaban J connectivity index is 1.61. The number of methoxy groups -OCH3 is 3. The minimum absolute atomic E-state index is 0.683. The summed E-state index contributed by atoms with van der Waals surface area (Å²) in [6, 6.07) is 4.86. The summed E-state index contributed by atoms with van der Waals surface area (Å²) in [6.45, 7) is 7.87. The Morgan fingerprint density at radius 1 is 0.923 bits per heavy atom. The van der Waals surface area contributed by atoms with Crippen molar-refractivity contribution in [3.05, 3.63) is 17.7 Å². The molecule has 0 bridgehead atoms. The monoisotopic (exact) mass is 362 g/mol. The van der Waals surface area contributed by atoms with Crippen molar-refractivity contribution < 1.29 is 14.2 Å². The molecule has 26 heavy (non-hydrogen) atoms. The highest BCUT2D eigenvalue weighted by Gasteiger charge is 2.28. The summed E-state index contributed by atoms with van der Waals surface area (Å²) in [7, 11) is 5.01. The van der Waals surface area contributed by atoms with E-state index in [-0.39, 0.29) is 0 Å². The maximum Gasteiger partial charge on any atom is 0.203 e. The van der Waals surface area contributed by atoms with Crippen molar-refractivity contribution in [1.29, 1.82) is 0 Å². The molecule has 5 heteroatoms. The van der Waals surface area contributed by atoms with E-state index in [2.05, 4.69) is 22.8 Å². The first-order chi connectivity index (χ1) is 12.7. The molecule has 1 saturated carbocycles. The van der Waals surface area contributed by atoms with Crippen LogP contribution in [0.15, 0.2) is 12.1 Å². The first kappa shape index (κ1) is 19.3. The van der Waals surface area contributed by atoms with Gasteiger partial charge < -0.3 is 14.2 Å². The standard InChI is InChI=1S/C21H34N2O3/c1-16-6-5-7-18(14-16)23-12-10-22(11-13-23)15-17-8-9-19(24-2)21(26-4)20(17)25-3/h8-9,16,18H,5-7,10-15H2,1-4H3. The van der Waals surface area contributed by atoms with E-state index >= 15 is 0 Å². The van der Waals surface area contributed by atoms with Crippen LogP contribution in [0.5, 0.6) is 17.2 Å². The highest BCUT2D eigenvalue weighted by Crippen LogP contribution is 2.40. The quantitative estimate of drug-likeness (QED) is 0.775. The molecule has 2 aliphatic rings. The molecular weight excluding hydrogens is 328 g/mol. The van der Waals surface area contributed by atoms with Crippen LogP contribution in [-0.4, -0.2) is 63.4 Å². The lowest BCUT2D eigenvalue weighted by molar-refractivity contribution is 0.0655. The van der Waals surface area contributed by atoms with Crippen molar-refractivity contribution in [3.63, 3.8) is 0 Å². The van der Waals surface area contributed by atoms with E-state index < -0.39 is 0 Å². The summed E-state index contributed by atoms with van der Waals surface area (Å²) in [5.41, 5.74) is 1.16. The molecule has 0 spiro atoms. The summed E-state index contributed by atoms with van der Waals surface area (Å²) in [4.78, 5) is 5.24. The fourth-order valence-electron chi connectivity index (χ4n) is 4.55. The molecule has 0 radical (unpaired) electrons. The van der Waals surface area contributed by atoms with Crippen molar-refractivity contribution >= 4 is 0 Å². The van der Waals surface area contributed by atoms with Crippen LogP contribution < -0.4 is 14.2 Å². The summed E-state index contributed by atoms with van der Waals surface area (Å²) in [6.07, 6.45) is 5.57. The van der Waals surface area contributed by atoms with Crippen molar-refractivity contribution in [2.24, 2.45) is 5.92 Å². The largest absolute Gasteiger partial charge is 0.493 e. The Morgan fingerprint density at radius 2 is 1.65 bits per heavy atom. The zero-order valence-electron chi connectivity index (χ0n) is 16.8. The van der Waals surface area contributed by atoms with Gasteiger partial charge in [0.25, 0.3) is 0 Å². The average Bonchev–Trinajstić information content (AvgIpc) is 2.68. The predicted molar refractivity (Wildman–Crippen MR) is 104 cm³/mol. The van der Waals surface area contributed by atoms with Gasteiger partial charge >= 0.3 is 0 Å². The van der Waals surface area contributed by atoms with Gasteiger partial charge in [-0.15, -0.1) is 0 Å². The molecule has 0 N–H and O–H groups in total. The second-order valence-electron chi connectivity index (χ2n) is 7.73. The van der Waals surface area contributed by atoms with Gasteiger partial charge in [0.15, 0.2) is 11.5 Å². The SMILES string of the molecule is COc1ccc(CN2CCN(C3CCCC(C)C3)CC2)c(OC)c1OC. The molecule has 5 nitrogen and oxygen atoms in total. The number of ether oxygens (including phenoxy) is 3. The highest BCUT2D eigenvalue weighted by molar-refractivity contribution is 5.55. The summed E-state index contributed by atoms with van der Waals surface area (Å²) < 4.78 is 16.5. The van der Waals surface area contributed by atoms with Crippen LogP contribution in [0.1, 0.15) is 38.2 Å². The van der Waals surface area contributed by atoms with Gasteiger partial charge in [0.2, 0.25) is 5.75 Å². The van der Waals surface area contributed by atoms with Crippen LogP contribution in [0, 0.1) is 5.92 Å². The van der Waals surface area contributed by atoms with Crippen LogP contribution in [0.25, 0.3) is 0 Å². The van der Waals surface area contributed by atoms with E-state index in [1.54, 1.807) is 21.3 Å². The Bertz CT molecular complexity index is 585. The highest BCUT2D eigenvalue weighted by atomic mass is 16.5. The van der Waals surface area contributed by atoms with Gasteiger partial charge in [-0.3, -0.25) is 9.80 Å². The van der Waals surface area contributed by atoms with E-state index in [1.165, 1.54) is 38.8 Å². The molecule has 1 aromatic carbocycles. The number of hydrogen-bond donors (Lipinski definition) is 0. The zero-order valence-corrected chi connectivity index (χ0v) is 16.8. The second kappa shape index (κ2) is 8.96. The fraction of sp³-hybridized carbons (Fsp3) is 0.714. The normalized spacial score (nSPS) is 25.1. The molecular formula is C21H34N2O3. The summed E-state index contributed by atoms with van der Waals surface area (Å²) in [5, 5.41) is 0. The smallest absolute Gasteiger partial charge is 0.203 e. The molecule has 1 heterocycles. The number of hydrogen-bond acceptors (Lipinski definition) is 5. The average molecular weight is 363 g/mol. The molecule has 2 fully saturated rings. The molecule has 1 aliphatic carbocycles. The third kappa shape index (κ3) is 4.26. The van der Waals surface area contributed by atoms with Crippen molar-refractivity contribution in [2.45, 2.75) is 45.2 Å². The van der Waals surface area contributed by atoms with E-state index in [9.17, 15) is 0 Å². The number of rotatable bonds is 6. The molecule has 1 saturated heterocycles. The number of benzene rings is 1. The third-order valence-corrected chi connectivity index (χ3v) is 6.01. The molecule has 146 valence electrons. The zero-order chi connectivity index (χ0) is 18.5. The molecule has 3 rings (SSSR count). The van der Waals surface area contributed by atoms with Crippen molar-refractivity contribution in [2.75, 3.05) is 47.5 Å². The van der Waals surface area contributed by atoms with Gasteiger partial charge in [-0.1, -0.05) is 25.8 Å². The van der Waals surface area contributed by atoms with Gasteiger partial charge in [-0.2, -0.15) is 0 Å². The van der Waals surface area contributed by atoms with Crippen LogP contribution in [0.3, 0.4) is 0 Å². The van der Waals surface area contributed by atoms with Crippen molar-refractivity contribution in [3.8, 4) is 17.2 Å². The predicted octanol–water partition coefficient (Wildman–Crippen LogP) is 3.41. The lowest BCUT2D eigenvalue weighted by Gasteiger charge is -2.42. The van der Waals surface area contributed by atoms with Gasteiger partial charge in [-0.25, -0.2) is 0 Å². The van der Waals surface area contributed by atoms with Crippen LogP contribution in [0.4, 0.5) is 0 Å². The maximum atomic E-state index is 5.64. The minimum Gasteiger partial charge on any atom is -0.493 e. The third-order valence-electron chi connectivity index (χ3n) is 6.01. The van der Waals surface area contributed by atoms with Crippen LogP contribution >= 0.6 is 0 Å². The fourth-order valence-corrected chi connectivity index (χ4v) is 4.55. The second-order valence-corrected chi connectivity index (χ2v) is 7.73. The molecule has 2 unspecified atom stereocenters. The van der Waals surface area contributed by atoms with Gasteiger partial charge in [-0.05, 0) is 24.8 Å². The number of nitrogens with zero attached hydrogens (tertiary/aromatic N) is 2. The topological polar surface area (TPSA) is 34.2 Å². The molecule has 1 aromatic rings. The molecule has 2 atom stereocenters. The van der Waals surface area contributed by atoms with Crippen LogP contribution in [0.2, 0.25) is 0 Å². The van der Waals surface area contributed by atoms with Gasteiger partial charge in [0.1, 0.15) is 0 Å². The Labute approximate surface area is 158 Å². The summed E-state index contributed by atoms with van der Waals surface area (Å²) >= 11 is 0. The summed E-state index contributed by atoms with van der Waals surface area (Å²) in [5.74, 6) is 3.07. The first-order valence-electron chi connectivity index (χ1n) is 9.90. The lowest BCUT2D eigenvalue weighted by Crippen LogP contribution is -2.50. The lowest BCUT2D eigenvalue weighted by atomic mass is 9.86. The van der Waals surface area contributed by atoms with Crippen LogP contribution in [-0.2, 0) is 6.54 Å². The molecule has 0 aromatic heterocycles. The first-order valence-corrected chi connectivity index (χ1v) is 9.90. The van der Waals surface area contributed by atoms with E-state index in [1.807, 2.05) is 6.07 Å². The van der Waals surface area contributed by atoms with E-state index in [0.29, 0.717) is 11.5 Å². The number of piperazine rings is 1. The Morgan fingerprint density at radius 3 is 2.27 bits per heavy atom. The Hall–Kier alpha value is -1.46. The van der Waals surface area contributed by atoms with Gasteiger partial charge in [0.05, 0.1) is 21.3 Å². The van der Waals surface area contributed by atoms with Crippen molar-refractivity contribution in [1.82, 2.24) is 9.80 Å².